The summed E-state index contributed by atoms with van der Waals surface area (Å²) < 4.78 is 0. The van der Waals surface area contributed by atoms with Gasteiger partial charge in [0.2, 0.25) is 0 Å². The third-order valence-electron chi connectivity index (χ3n) is 4.71. The van der Waals surface area contributed by atoms with Crippen molar-refractivity contribution in [1.29, 1.82) is 0 Å². The fourth-order valence-corrected chi connectivity index (χ4v) is 3.11. The molecule has 0 rings (SSSR count). The first-order valence-electron chi connectivity index (χ1n) is 10.0. The Hall–Kier alpha value is -0.900. The fourth-order valence-electron chi connectivity index (χ4n) is 3.11. The van der Waals surface area contributed by atoms with E-state index in [4.69, 9.17) is 5.26 Å². The van der Waals surface area contributed by atoms with E-state index in [1.807, 2.05) is 0 Å². The second kappa shape index (κ2) is 18.4. The van der Waals surface area contributed by atoms with Gasteiger partial charge in [0.05, 0.1) is 5.92 Å². The molecule has 142 valence electrons. The lowest BCUT2D eigenvalue weighted by molar-refractivity contribution is -0.239. The van der Waals surface area contributed by atoms with Crippen molar-refractivity contribution in [3.05, 3.63) is 0 Å². The van der Waals surface area contributed by atoms with Crippen molar-refractivity contribution in [2.45, 2.75) is 110 Å². The molecule has 0 aliphatic carbocycles. The zero-order valence-electron chi connectivity index (χ0n) is 15.6. The highest BCUT2D eigenvalue weighted by Gasteiger charge is 2.19. The molecule has 0 heterocycles. The number of carbonyl (C=O) groups excluding carboxylic acids is 2. The molecule has 0 spiro atoms. The maximum atomic E-state index is 11.2. The molecule has 1 N–H and O–H groups in total. The first-order valence-corrected chi connectivity index (χ1v) is 10.0. The lowest BCUT2D eigenvalue weighted by Gasteiger charge is -2.09. The highest BCUT2D eigenvalue weighted by atomic mass is 17.1. The number of hydrogen-bond acceptors (Lipinski definition) is 4. The summed E-state index contributed by atoms with van der Waals surface area (Å²) in [6, 6.07) is 0. The molecule has 0 aromatic heterocycles. The number of rotatable bonds is 18. The molecule has 0 radical (unpaired) electrons. The molecule has 0 bridgehead atoms. The highest BCUT2D eigenvalue weighted by Crippen LogP contribution is 2.17. The lowest BCUT2D eigenvalue weighted by atomic mass is 9.97. The van der Waals surface area contributed by atoms with Crippen LogP contribution in [0, 0.1) is 5.92 Å². The Balaban J connectivity index is 3.29. The smallest absolute Gasteiger partial charge is 0.303 e. The van der Waals surface area contributed by atoms with Crippen molar-refractivity contribution in [1.82, 2.24) is 0 Å². The Morgan fingerprint density at radius 2 is 1.25 bits per heavy atom. The number of hydrogen-bond donors (Lipinski definition) is 1. The SMILES string of the molecule is CCCCCCCCCCCCCCCCC(CC=O)C(=O)OO. The summed E-state index contributed by atoms with van der Waals surface area (Å²) in [5.74, 6) is -1.17. The largest absolute Gasteiger partial charge is 0.345 e. The Labute approximate surface area is 148 Å². The van der Waals surface area contributed by atoms with E-state index >= 15 is 0 Å². The molecule has 4 heteroatoms. The van der Waals surface area contributed by atoms with Crippen molar-refractivity contribution >= 4 is 12.3 Å². The van der Waals surface area contributed by atoms with Gasteiger partial charge in [-0.1, -0.05) is 96.8 Å². The standard InChI is InChI=1S/C20H38O4/c1-2-3-4-5-6-7-8-9-10-11-12-13-14-15-16-19(17-18-21)20(22)24-23/h18-19,23H,2-17H2,1H3. The van der Waals surface area contributed by atoms with Gasteiger partial charge in [0.1, 0.15) is 6.29 Å². The minimum absolute atomic E-state index is 0.137. The Bertz CT molecular complexity index is 291. The van der Waals surface area contributed by atoms with E-state index in [1.165, 1.54) is 77.0 Å². The molecule has 0 aliphatic rings. The summed E-state index contributed by atoms with van der Waals surface area (Å²) in [6.45, 7) is 2.26. The van der Waals surface area contributed by atoms with Crippen LogP contribution in [0.4, 0.5) is 0 Å². The van der Waals surface area contributed by atoms with Crippen LogP contribution in [0.15, 0.2) is 0 Å². The van der Waals surface area contributed by atoms with E-state index in [0.717, 1.165) is 12.8 Å². The van der Waals surface area contributed by atoms with Crippen LogP contribution in [0.1, 0.15) is 110 Å². The third-order valence-corrected chi connectivity index (χ3v) is 4.71. The van der Waals surface area contributed by atoms with E-state index < -0.39 is 11.9 Å². The monoisotopic (exact) mass is 342 g/mol. The third kappa shape index (κ3) is 14.7. The molecule has 4 nitrogen and oxygen atoms in total. The maximum absolute atomic E-state index is 11.2. The number of carbonyl (C=O) groups is 2. The van der Waals surface area contributed by atoms with Crippen LogP contribution in [0.5, 0.6) is 0 Å². The fraction of sp³-hybridized carbons (Fsp3) is 0.900. The summed E-state index contributed by atoms with van der Waals surface area (Å²) in [6.07, 6.45) is 19.6. The molecule has 0 amide bonds. The molecule has 0 fully saturated rings. The van der Waals surface area contributed by atoms with Gasteiger partial charge in [0, 0.05) is 6.42 Å². The van der Waals surface area contributed by atoms with Crippen LogP contribution < -0.4 is 0 Å². The molecule has 1 atom stereocenters. The summed E-state index contributed by atoms with van der Waals surface area (Å²) in [7, 11) is 0. The summed E-state index contributed by atoms with van der Waals surface area (Å²) in [4.78, 5) is 25.5. The summed E-state index contributed by atoms with van der Waals surface area (Å²) in [5, 5.41) is 8.38. The van der Waals surface area contributed by atoms with E-state index in [-0.39, 0.29) is 6.42 Å². The zero-order chi connectivity index (χ0) is 17.9. The second-order valence-corrected chi connectivity index (χ2v) is 6.89. The second-order valence-electron chi connectivity index (χ2n) is 6.89. The first kappa shape index (κ1) is 23.1. The van der Waals surface area contributed by atoms with Crippen molar-refractivity contribution in [2.75, 3.05) is 0 Å². The average molecular weight is 343 g/mol. The van der Waals surface area contributed by atoms with Gasteiger partial charge in [-0.25, -0.2) is 4.79 Å². The van der Waals surface area contributed by atoms with Gasteiger partial charge in [-0.2, -0.15) is 5.26 Å². The summed E-state index contributed by atoms with van der Waals surface area (Å²) in [5.41, 5.74) is 0. The predicted molar refractivity (Wildman–Crippen MR) is 97.8 cm³/mol. The minimum atomic E-state index is -0.684. The average Bonchev–Trinajstić information content (AvgIpc) is 2.60. The zero-order valence-corrected chi connectivity index (χ0v) is 15.6. The highest BCUT2D eigenvalue weighted by molar-refractivity contribution is 5.74. The van der Waals surface area contributed by atoms with E-state index in [2.05, 4.69) is 11.8 Å². The predicted octanol–water partition coefficient (Wildman–Crippen LogP) is 6.08. The molecule has 0 aromatic rings. The van der Waals surface area contributed by atoms with Crippen LogP contribution in [0.2, 0.25) is 0 Å². The topological polar surface area (TPSA) is 63.6 Å². The van der Waals surface area contributed by atoms with Gasteiger partial charge in [0.25, 0.3) is 0 Å². The van der Waals surface area contributed by atoms with Crippen LogP contribution in [-0.4, -0.2) is 17.5 Å². The molecular weight excluding hydrogens is 304 g/mol. The van der Waals surface area contributed by atoms with Crippen molar-refractivity contribution < 1.29 is 19.7 Å². The molecule has 1 unspecified atom stereocenters. The first-order chi connectivity index (χ1) is 11.8. The van der Waals surface area contributed by atoms with Gasteiger partial charge in [-0.3, -0.25) is 0 Å². The number of aldehydes is 1. The van der Waals surface area contributed by atoms with Crippen LogP contribution in [0.25, 0.3) is 0 Å². The van der Waals surface area contributed by atoms with Crippen LogP contribution in [-0.2, 0) is 14.5 Å². The molecular formula is C20H38O4. The summed E-state index contributed by atoms with van der Waals surface area (Å²) >= 11 is 0. The molecule has 24 heavy (non-hydrogen) atoms. The molecule has 0 saturated carbocycles. The van der Waals surface area contributed by atoms with E-state index in [9.17, 15) is 9.59 Å². The van der Waals surface area contributed by atoms with Crippen LogP contribution >= 0.6 is 0 Å². The maximum Gasteiger partial charge on any atom is 0.345 e. The van der Waals surface area contributed by atoms with Crippen LogP contribution in [0.3, 0.4) is 0 Å². The van der Waals surface area contributed by atoms with Crippen molar-refractivity contribution in [2.24, 2.45) is 5.92 Å². The normalized spacial score (nSPS) is 12.1. The van der Waals surface area contributed by atoms with Crippen molar-refractivity contribution in [3.8, 4) is 0 Å². The van der Waals surface area contributed by atoms with Gasteiger partial charge in [0.15, 0.2) is 0 Å². The lowest BCUT2D eigenvalue weighted by Crippen LogP contribution is -2.16. The van der Waals surface area contributed by atoms with Gasteiger partial charge in [-0.05, 0) is 6.42 Å². The minimum Gasteiger partial charge on any atom is -0.303 e. The molecule has 0 saturated heterocycles. The molecule has 0 aliphatic heterocycles. The van der Waals surface area contributed by atoms with Gasteiger partial charge in [-0.15, -0.1) is 0 Å². The quantitative estimate of drug-likeness (QED) is 0.142. The molecule has 0 aromatic carbocycles. The Morgan fingerprint density at radius 3 is 1.62 bits per heavy atom. The van der Waals surface area contributed by atoms with Gasteiger partial charge < -0.3 is 9.68 Å². The Morgan fingerprint density at radius 1 is 0.833 bits per heavy atom. The van der Waals surface area contributed by atoms with E-state index in [1.54, 1.807) is 0 Å². The Kier molecular flexibility index (Phi) is 17.7. The van der Waals surface area contributed by atoms with Gasteiger partial charge >= 0.3 is 5.97 Å². The van der Waals surface area contributed by atoms with Crippen molar-refractivity contribution in [3.63, 3.8) is 0 Å². The number of unbranched alkanes of at least 4 members (excludes halogenated alkanes) is 13. The van der Waals surface area contributed by atoms with E-state index in [0.29, 0.717) is 12.7 Å².